The number of aliphatic hydroxyl groups is 1. The second kappa shape index (κ2) is 4.28. The second-order valence-electron chi connectivity index (χ2n) is 4.54. The molecule has 2 aliphatic carbocycles. The van der Waals surface area contributed by atoms with Crippen LogP contribution >= 0.6 is 0 Å². The van der Waals surface area contributed by atoms with Crippen LogP contribution in [0.2, 0.25) is 0 Å². The van der Waals surface area contributed by atoms with Gasteiger partial charge in [-0.1, -0.05) is 25.0 Å². The maximum atomic E-state index is 9.89. The van der Waals surface area contributed by atoms with E-state index in [4.69, 9.17) is 0 Å². The van der Waals surface area contributed by atoms with Crippen molar-refractivity contribution >= 4 is 0 Å². The topological polar surface area (TPSA) is 20.2 Å². The Morgan fingerprint density at radius 3 is 2.54 bits per heavy atom. The number of aliphatic hydroxyl groups excluding tert-OH is 1. The van der Waals surface area contributed by atoms with Gasteiger partial charge in [0.15, 0.2) is 0 Å². The molecule has 0 spiro atoms. The van der Waals surface area contributed by atoms with Gasteiger partial charge < -0.3 is 5.11 Å². The van der Waals surface area contributed by atoms with Crippen molar-refractivity contribution in [2.75, 3.05) is 0 Å². The molecule has 1 heteroatoms. The van der Waals surface area contributed by atoms with Crippen molar-refractivity contribution in [3.8, 4) is 0 Å². The number of hydrogen-bond donors (Lipinski definition) is 1. The van der Waals surface area contributed by atoms with Crippen molar-refractivity contribution in [1.82, 2.24) is 0 Å². The van der Waals surface area contributed by atoms with E-state index in [9.17, 15) is 5.11 Å². The molecule has 0 aromatic carbocycles. The van der Waals surface area contributed by atoms with Crippen LogP contribution in [0.1, 0.15) is 44.9 Å². The first-order valence-corrected chi connectivity index (χ1v) is 5.72. The number of rotatable bonds is 1. The Hall–Kier alpha value is -0.300. The van der Waals surface area contributed by atoms with Gasteiger partial charge in [0.2, 0.25) is 0 Å². The van der Waals surface area contributed by atoms with Crippen LogP contribution in [0.4, 0.5) is 0 Å². The van der Waals surface area contributed by atoms with Crippen molar-refractivity contribution in [2.45, 2.75) is 51.0 Å². The second-order valence-corrected chi connectivity index (χ2v) is 4.54. The molecule has 1 saturated carbocycles. The van der Waals surface area contributed by atoms with Crippen molar-refractivity contribution in [2.24, 2.45) is 11.8 Å². The minimum absolute atomic E-state index is 0.0125. The van der Waals surface area contributed by atoms with Gasteiger partial charge >= 0.3 is 0 Å². The normalized spacial score (nSPS) is 40.5. The van der Waals surface area contributed by atoms with E-state index in [1.807, 2.05) is 0 Å². The van der Waals surface area contributed by atoms with E-state index in [0.29, 0.717) is 11.8 Å². The van der Waals surface area contributed by atoms with Crippen LogP contribution in [0, 0.1) is 11.8 Å². The Bertz CT molecular complexity index is 186. The highest BCUT2D eigenvalue weighted by Gasteiger charge is 2.29. The van der Waals surface area contributed by atoms with Gasteiger partial charge in [-0.25, -0.2) is 0 Å². The van der Waals surface area contributed by atoms with E-state index in [1.54, 1.807) is 0 Å². The fourth-order valence-electron chi connectivity index (χ4n) is 2.83. The molecule has 3 atom stereocenters. The monoisotopic (exact) mass is 180 g/mol. The van der Waals surface area contributed by atoms with E-state index < -0.39 is 0 Å². The molecule has 0 heterocycles. The smallest absolute Gasteiger partial charge is 0.0574 e. The highest BCUT2D eigenvalue weighted by atomic mass is 16.3. The Balaban J connectivity index is 1.96. The molecule has 0 aromatic heterocycles. The summed E-state index contributed by atoms with van der Waals surface area (Å²) in [6, 6.07) is 0. The largest absolute Gasteiger partial charge is 0.393 e. The molecule has 0 bridgehead atoms. The molecule has 13 heavy (non-hydrogen) atoms. The predicted octanol–water partition coefficient (Wildman–Crippen LogP) is 2.89. The zero-order valence-electron chi connectivity index (χ0n) is 8.28. The first-order chi connectivity index (χ1) is 6.38. The summed E-state index contributed by atoms with van der Waals surface area (Å²) in [5, 5.41) is 9.89. The lowest BCUT2D eigenvalue weighted by Gasteiger charge is -2.34. The summed E-state index contributed by atoms with van der Waals surface area (Å²) in [6.07, 6.45) is 13.4. The summed E-state index contributed by atoms with van der Waals surface area (Å²) in [5.41, 5.74) is 0. The van der Waals surface area contributed by atoms with E-state index in [0.717, 1.165) is 6.42 Å². The summed E-state index contributed by atoms with van der Waals surface area (Å²) in [6.45, 7) is 0. The van der Waals surface area contributed by atoms with Gasteiger partial charge in [-0.2, -0.15) is 0 Å². The first-order valence-electron chi connectivity index (χ1n) is 5.72. The van der Waals surface area contributed by atoms with Crippen molar-refractivity contribution in [3.63, 3.8) is 0 Å². The van der Waals surface area contributed by atoms with Gasteiger partial charge in [0.1, 0.15) is 0 Å². The van der Waals surface area contributed by atoms with Crippen molar-refractivity contribution in [3.05, 3.63) is 12.2 Å². The molecule has 74 valence electrons. The van der Waals surface area contributed by atoms with Crippen LogP contribution in [-0.4, -0.2) is 11.2 Å². The molecule has 0 aromatic rings. The average Bonchev–Trinajstić information content (AvgIpc) is 2.20. The van der Waals surface area contributed by atoms with Gasteiger partial charge in [-0.3, -0.25) is 0 Å². The molecular formula is C12H20O. The summed E-state index contributed by atoms with van der Waals surface area (Å²) in [7, 11) is 0. The standard InChI is InChI=1S/C12H20O/c13-12-9-5-4-8-11(12)10-6-2-1-3-7-10/h2,6,10-13H,1,3-5,7-9H2. The van der Waals surface area contributed by atoms with Gasteiger partial charge in [-0.15, -0.1) is 0 Å². The third-order valence-electron chi connectivity index (χ3n) is 3.62. The van der Waals surface area contributed by atoms with E-state index in [-0.39, 0.29) is 6.10 Å². The molecule has 2 rings (SSSR count). The Morgan fingerprint density at radius 1 is 1.00 bits per heavy atom. The predicted molar refractivity (Wildman–Crippen MR) is 54.4 cm³/mol. The van der Waals surface area contributed by atoms with Gasteiger partial charge in [0.25, 0.3) is 0 Å². The molecule has 3 unspecified atom stereocenters. The Labute approximate surface area is 80.8 Å². The van der Waals surface area contributed by atoms with Crippen molar-refractivity contribution in [1.29, 1.82) is 0 Å². The average molecular weight is 180 g/mol. The summed E-state index contributed by atoms with van der Waals surface area (Å²) < 4.78 is 0. The highest BCUT2D eigenvalue weighted by molar-refractivity contribution is 4.98. The summed E-state index contributed by atoms with van der Waals surface area (Å²) >= 11 is 0. The van der Waals surface area contributed by atoms with E-state index >= 15 is 0 Å². The number of hydrogen-bond acceptors (Lipinski definition) is 1. The van der Waals surface area contributed by atoms with Crippen molar-refractivity contribution < 1.29 is 5.11 Å². The fourth-order valence-corrected chi connectivity index (χ4v) is 2.83. The van der Waals surface area contributed by atoms with Crippen LogP contribution in [-0.2, 0) is 0 Å². The Kier molecular flexibility index (Phi) is 3.05. The van der Waals surface area contributed by atoms with Crippen LogP contribution in [0.25, 0.3) is 0 Å². The quantitative estimate of drug-likeness (QED) is 0.615. The molecule has 0 saturated heterocycles. The molecular weight excluding hydrogens is 160 g/mol. The van der Waals surface area contributed by atoms with Crippen LogP contribution in [0.15, 0.2) is 12.2 Å². The van der Waals surface area contributed by atoms with Crippen LogP contribution in [0.5, 0.6) is 0 Å². The highest BCUT2D eigenvalue weighted by Crippen LogP contribution is 2.35. The minimum atomic E-state index is -0.0125. The van der Waals surface area contributed by atoms with Gasteiger partial charge in [-0.05, 0) is 43.9 Å². The summed E-state index contributed by atoms with van der Waals surface area (Å²) in [5.74, 6) is 1.26. The molecule has 1 fully saturated rings. The molecule has 0 radical (unpaired) electrons. The molecule has 1 nitrogen and oxygen atoms in total. The molecule has 1 N–H and O–H groups in total. The summed E-state index contributed by atoms with van der Waals surface area (Å²) in [4.78, 5) is 0. The lowest BCUT2D eigenvalue weighted by Crippen LogP contribution is -2.30. The zero-order chi connectivity index (χ0) is 9.10. The minimum Gasteiger partial charge on any atom is -0.393 e. The van der Waals surface area contributed by atoms with E-state index in [1.165, 1.54) is 38.5 Å². The zero-order valence-corrected chi connectivity index (χ0v) is 8.28. The molecule has 0 amide bonds. The maximum absolute atomic E-state index is 9.89. The lowest BCUT2D eigenvalue weighted by molar-refractivity contribution is 0.0446. The maximum Gasteiger partial charge on any atom is 0.0574 e. The third kappa shape index (κ3) is 2.14. The third-order valence-corrected chi connectivity index (χ3v) is 3.62. The Morgan fingerprint density at radius 2 is 1.85 bits per heavy atom. The lowest BCUT2D eigenvalue weighted by atomic mass is 9.74. The number of allylic oxidation sites excluding steroid dienone is 2. The first kappa shape index (κ1) is 9.26. The molecule has 0 aliphatic heterocycles. The fraction of sp³-hybridized carbons (Fsp3) is 0.833. The van der Waals surface area contributed by atoms with E-state index in [2.05, 4.69) is 12.2 Å². The van der Waals surface area contributed by atoms with Gasteiger partial charge in [0.05, 0.1) is 6.10 Å². The SMILES string of the molecule is OC1CCCCC1C1C=CCCC1. The van der Waals surface area contributed by atoms with Gasteiger partial charge in [0, 0.05) is 0 Å². The van der Waals surface area contributed by atoms with Crippen LogP contribution in [0.3, 0.4) is 0 Å². The van der Waals surface area contributed by atoms with Crippen LogP contribution < -0.4 is 0 Å². The molecule has 2 aliphatic rings.